The van der Waals surface area contributed by atoms with Crippen LogP contribution in [0.15, 0.2) is 4.52 Å². The van der Waals surface area contributed by atoms with E-state index in [9.17, 15) is 0 Å². The molecule has 0 saturated heterocycles. The van der Waals surface area contributed by atoms with Crippen molar-refractivity contribution < 1.29 is 4.52 Å². The summed E-state index contributed by atoms with van der Waals surface area (Å²) in [5.74, 6) is 2.17. The van der Waals surface area contributed by atoms with E-state index in [0.29, 0.717) is 5.92 Å². The van der Waals surface area contributed by atoms with Crippen molar-refractivity contribution in [3.05, 3.63) is 9.72 Å². The lowest BCUT2D eigenvalue weighted by atomic mass is 9.82. The molecule has 1 saturated carbocycles. The van der Waals surface area contributed by atoms with Crippen LogP contribution in [-0.2, 0) is 0 Å². The molecule has 2 rings (SSSR count). The molecule has 1 aliphatic carbocycles. The maximum Gasteiger partial charge on any atom is 0.232 e. The minimum atomic E-state index is 0.514. The second kappa shape index (κ2) is 3.94. The van der Waals surface area contributed by atoms with Crippen molar-refractivity contribution in [1.29, 1.82) is 0 Å². The van der Waals surface area contributed by atoms with Gasteiger partial charge in [0, 0.05) is 28.5 Å². The molecule has 4 heteroatoms. The van der Waals surface area contributed by atoms with Gasteiger partial charge in [0.1, 0.15) is 0 Å². The SMILES string of the molecule is CC1CCCC(c2nc(I)no2)C1. The predicted octanol–water partition coefficient (Wildman–Crippen LogP) is 2.97. The number of hydrogen-bond donors (Lipinski definition) is 0. The van der Waals surface area contributed by atoms with Crippen LogP contribution in [-0.4, -0.2) is 10.1 Å². The minimum Gasteiger partial charge on any atom is -0.338 e. The van der Waals surface area contributed by atoms with Crippen molar-refractivity contribution in [2.24, 2.45) is 5.92 Å². The molecule has 1 fully saturated rings. The summed E-state index contributed by atoms with van der Waals surface area (Å²) in [7, 11) is 0. The lowest BCUT2D eigenvalue weighted by Gasteiger charge is -2.23. The Balaban J connectivity index is 2.08. The van der Waals surface area contributed by atoms with Crippen LogP contribution >= 0.6 is 22.6 Å². The summed E-state index contributed by atoms with van der Waals surface area (Å²) in [5, 5.41) is 3.82. The normalized spacial score (nSPS) is 29.1. The van der Waals surface area contributed by atoms with Crippen LogP contribution in [0.4, 0.5) is 0 Å². The summed E-state index contributed by atoms with van der Waals surface area (Å²) >= 11 is 2.09. The molecule has 0 N–H and O–H groups in total. The third-order valence-corrected chi connectivity index (χ3v) is 3.14. The van der Waals surface area contributed by atoms with Gasteiger partial charge >= 0.3 is 0 Å². The van der Waals surface area contributed by atoms with Gasteiger partial charge < -0.3 is 4.52 Å². The first-order chi connectivity index (χ1) is 6.25. The van der Waals surface area contributed by atoms with E-state index in [2.05, 4.69) is 39.7 Å². The molecule has 3 nitrogen and oxygen atoms in total. The molecule has 1 aromatic rings. The third-order valence-electron chi connectivity index (χ3n) is 2.70. The maximum absolute atomic E-state index is 5.18. The minimum absolute atomic E-state index is 0.514. The zero-order valence-electron chi connectivity index (χ0n) is 7.66. The van der Waals surface area contributed by atoms with Gasteiger partial charge in [-0.2, -0.15) is 4.98 Å². The molecule has 0 radical (unpaired) electrons. The number of halogens is 1. The van der Waals surface area contributed by atoms with Gasteiger partial charge in [-0.05, 0) is 18.8 Å². The average molecular weight is 292 g/mol. The van der Waals surface area contributed by atoms with Gasteiger partial charge in [0.05, 0.1) is 0 Å². The molecule has 1 heterocycles. The monoisotopic (exact) mass is 292 g/mol. The Morgan fingerprint density at radius 3 is 2.92 bits per heavy atom. The molecule has 72 valence electrons. The van der Waals surface area contributed by atoms with Crippen molar-refractivity contribution in [2.45, 2.75) is 38.5 Å². The van der Waals surface area contributed by atoms with E-state index in [4.69, 9.17) is 4.52 Å². The fraction of sp³-hybridized carbons (Fsp3) is 0.778. The van der Waals surface area contributed by atoms with Gasteiger partial charge in [0.2, 0.25) is 9.72 Å². The molecule has 0 aromatic carbocycles. The van der Waals surface area contributed by atoms with E-state index in [-0.39, 0.29) is 0 Å². The molecule has 1 aliphatic rings. The van der Waals surface area contributed by atoms with Crippen LogP contribution in [0.2, 0.25) is 0 Å². The van der Waals surface area contributed by atoms with Crippen molar-refractivity contribution >= 4 is 22.6 Å². The number of aromatic nitrogens is 2. The first-order valence-electron chi connectivity index (χ1n) is 4.75. The number of nitrogens with zero attached hydrogens (tertiary/aromatic N) is 2. The van der Waals surface area contributed by atoms with E-state index < -0.39 is 0 Å². The highest BCUT2D eigenvalue weighted by Crippen LogP contribution is 2.34. The van der Waals surface area contributed by atoms with Crippen molar-refractivity contribution in [3.63, 3.8) is 0 Å². The van der Waals surface area contributed by atoms with Crippen LogP contribution in [0, 0.1) is 9.75 Å². The highest BCUT2D eigenvalue weighted by molar-refractivity contribution is 14.1. The summed E-state index contributed by atoms with van der Waals surface area (Å²) in [5.41, 5.74) is 0. The number of hydrogen-bond acceptors (Lipinski definition) is 3. The average Bonchev–Trinajstić information content (AvgIpc) is 2.52. The lowest BCUT2D eigenvalue weighted by molar-refractivity contribution is 0.275. The highest BCUT2D eigenvalue weighted by atomic mass is 127. The molecule has 1 aromatic heterocycles. The standard InChI is InChI=1S/C9H13IN2O/c1-6-3-2-4-7(5-6)8-11-9(10)12-13-8/h6-7H,2-5H2,1H3. The first-order valence-corrected chi connectivity index (χ1v) is 5.82. The van der Waals surface area contributed by atoms with Gasteiger partial charge in [-0.15, -0.1) is 0 Å². The summed E-state index contributed by atoms with van der Waals surface area (Å²) < 4.78 is 5.91. The first kappa shape index (κ1) is 9.43. The van der Waals surface area contributed by atoms with Gasteiger partial charge in [0.15, 0.2) is 0 Å². The van der Waals surface area contributed by atoms with Crippen molar-refractivity contribution in [2.75, 3.05) is 0 Å². The second-order valence-corrected chi connectivity index (χ2v) is 4.84. The van der Waals surface area contributed by atoms with Crippen LogP contribution in [0.25, 0.3) is 0 Å². The zero-order chi connectivity index (χ0) is 9.26. The molecular formula is C9H13IN2O. The van der Waals surface area contributed by atoms with E-state index in [0.717, 1.165) is 15.6 Å². The zero-order valence-corrected chi connectivity index (χ0v) is 9.82. The van der Waals surface area contributed by atoms with Crippen LogP contribution in [0.3, 0.4) is 0 Å². The fourth-order valence-electron chi connectivity index (χ4n) is 2.04. The molecule has 13 heavy (non-hydrogen) atoms. The van der Waals surface area contributed by atoms with Crippen LogP contribution in [0.5, 0.6) is 0 Å². The van der Waals surface area contributed by atoms with E-state index in [1.807, 2.05) is 0 Å². The Kier molecular flexibility index (Phi) is 2.86. The van der Waals surface area contributed by atoms with Crippen molar-refractivity contribution in [3.8, 4) is 0 Å². The van der Waals surface area contributed by atoms with E-state index in [1.54, 1.807) is 0 Å². The second-order valence-electron chi connectivity index (χ2n) is 3.87. The molecule has 0 spiro atoms. The maximum atomic E-state index is 5.18. The molecular weight excluding hydrogens is 279 g/mol. The smallest absolute Gasteiger partial charge is 0.232 e. The van der Waals surface area contributed by atoms with Crippen LogP contribution < -0.4 is 0 Å². The van der Waals surface area contributed by atoms with Gasteiger partial charge in [-0.1, -0.05) is 24.9 Å². The van der Waals surface area contributed by atoms with E-state index >= 15 is 0 Å². The summed E-state index contributed by atoms with van der Waals surface area (Å²) in [4.78, 5) is 4.28. The van der Waals surface area contributed by atoms with Gasteiger partial charge in [-0.25, -0.2) is 0 Å². The Morgan fingerprint density at radius 2 is 2.31 bits per heavy atom. The Morgan fingerprint density at radius 1 is 1.46 bits per heavy atom. The molecule has 2 unspecified atom stereocenters. The third kappa shape index (κ3) is 2.21. The summed E-state index contributed by atoms with van der Waals surface area (Å²) in [6.07, 6.45) is 5.06. The molecule has 0 bridgehead atoms. The lowest BCUT2D eigenvalue weighted by Crippen LogP contribution is -2.11. The van der Waals surface area contributed by atoms with Gasteiger partial charge in [0.25, 0.3) is 0 Å². The highest BCUT2D eigenvalue weighted by Gasteiger charge is 2.24. The predicted molar refractivity (Wildman–Crippen MR) is 57.4 cm³/mol. The number of rotatable bonds is 1. The molecule has 0 aliphatic heterocycles. The topological polar surface area (TPSA) is 38.9 Å². The quantitative estimate of drug-likeness (QED) is 0.747. The summed E-state index contributed by atoms with van der Waals surface area (Å²) in [6.45, 7) is 2.30. The molecule has 2 atom stereocenters. The van der Waals surface area contributed by atoms with Gasteiger partial charge in [-0.3, -0.25) is 0 Å². The fourth-order valence-corrected chi connectivity index (χ4v) is 2.38. The van der Waals surface area contributed by atoms with Crippen LogP contribution in [0.1, 0.15) is 44.4 Å². The Bertz CT molecular complexity index is 287. The van der Waals surface area contributed by atoms with Crippen molar-refractivity contribution in [1.82, 2.24) is 10.1 Å². The van der Waals surface area contributed by atoms with E-state index in [1.165, 1.54) is 25.7 Å². The summed E-state index contributed by atoms with van der Waals surface area (Å²) in [6, 6.07) is 0. The molecule has 0 amide bonds. The largest absolute Gasteiger partial charge is 0.338 e. The Labute approximate surface area is 91.4 Å². The Hall–Kier alpha value is -0.130.